The molecule has 0 rings (SSSR count). The molecule has 1 unspecified atom stereocenters. The third-order valence-corrected chi connectivity index (χ3v) is 1.19. The Hall–Kier alpha value is -0.230. The molecule has 0 fully saturated rings. The maximum absolute atomic E-state index is 5.77. The van der Waals surface area contributed by atoms with Gasteiger partial charge in [0.05, 0.1) is 0 Å². The highest BCUT2D eigenvalue weighted by atomic mass is 35.5. The molecule has 0 amide bonds. The molecule has 58 valence electrons. The van der Waals surface area contributed by atoms with Crippen LogP contribution in [0.2, 0.25) is 0 Å². The van der Waals surface area contributed by atoms with E-state index in [1.165, 1.54) is 5.57 Å². The first-order valence-corrected chi connectivity index (χ1v) is 3.92. The SMILES string of the molecule is C=C(C=C(C)C)CC(C)Cl. The quantitative estimate of drug-likeness (QED) is 0.436. The molecule has 0 radical (unpaired) electrons. The topological polar surface area (TPSA) is 0 Å². The van der Waals surface area contributed by atoms with Gasteiger partial charge in [0.1, 0.15) is 0 Å². The van der Waals surface area contributed by atoms with Crippen LogP contribution < -0.4 is 0 Å². The average Bonchev–Trinajstić information content (AvgIpc) is 1.58. The van der Waals surface area contributed by atoms with Gasteiger partial charge in [0.25, 0.3) is 0 Å². The van der Waals surface area contributed by atoms with E-state index in [2.05, 4.69) is 26.5 Å². The zero-order valence-corrected chi connectivity index (χ0v) is 7.70. The molecule has 0 N–H and O–H groups in total. The van der Waals surface area contributed by atoms with Crippen LogP contribution in [0, 0.1) is 0 Å². The third-order valence-electron chi connectivity index (χ3n) is 1.04. The number of hydrogen-bond donors (Lipinski definition) is 0. The van der Waals surface area contributed by atoms with Crippen molar-refractivity contribution in [1.82, 2.24) is 0 Å². The molecular formula is C9H15Cl. The molecule has 1 heteroatoms. The van der Waals surface area contributed by atoms with E-state index in [0.717, 1.165) is 12.0 Å². The van der Waals surface area contributed by atoms with Gasteiger partial charge in [-0.05, 0) is 27.2 Å². The highest BCUT2D eigenvalue weighted by Gasteiger charge is 1.96. The Bertz CT molecular complexity index is 139. The van der Waals surface area contributed by atoms with Crippen molar-refractivity contribution in [3.05, 3.63) is 23.8 Å². The molecule has 0 aliphatic heterocycles. The second kappa shape index (κ2) is 4.56. The van der Waals surface area contributed by atoms with Crippen molar-refractivity contribution in [2.75, 3.05) is 0 Å². The van der Waals surface area contributed by atoms with Gasteiger partial charge in [-0.1, -0.05) is 23.8 Å². The Morgan fingerprint density at radius 1 is 1.60 bits per heavy atom. The van der Waals surface area contributed by atoms with Crippen LogP contribution in [-0.4, -0.2) is 5.38 Å². The maximum atomic E-state index is 5.77. The van der Waals surface area contributed by atoms with Crippen LogP contribution >= 0.6 is 11.6 Å². The smallest absolute Gasteiger partial charge is 0.0347 e. The fraction of sp³-hybridized carbons (Fsp3) is 0.556. The Labute approximate surface area is 68.6 Å². The van der Waals surface area contributed by atoms with Gasteiger partial charge in [0.15, 0.2) is 0 Å². The molecule has 0 bridgehead atoms. The molecule has 0 spiro atoms. The average molecular weight is 159 g/mol. The van der Waals surface area contributed by atoms with Gasteiger partial charge in [-0.25, -0.2) is 0 Å². The number of rotatable bonds is 3. The van der Waals surface area contributed by atoms with Gasteiger partial charge in [0, 0.05) is 5.38 Å². The summed E-state index contributed by atoms with van der Waals surface area (Å²) in [6.45, 7) is 9.97. The summed E-state index contributed by atoms with van der Waals surface area (Å²) in [4.78, 5) is 0. The number of halogens is 1. The number of allylic oxidation sites excluding steroid dienone is 3. The van der Waals surface area contributed by atoms with E-state index in [0.29, 0.717) is 0 Å². The van der Waals surface area contributed by atoms with Gasteiger partial charge in [-0.3, -0.25) is 0 Å². The maximum Gasteiger partial charge on any atom is 0.0347 e. The minimum atomic E-state index is 0.197. The monoisotopic (exact) mass is 158 g/mol. The van der Waals surface area contributed by atoms with Gasteiger partial charge in [-0.2, -0.15) is 0 Å². The first kappa shape index (κ1) is 9.77. The molecule has 0 aliphatic rings. The van der Waals surface area contributed by atoms with Crippen LogP contribution in [0.3, 0.4) is 0 Å². The van der Waals surface area contributed by atoms with E-state index in [4.69, 9.17) is 11.6 Å². The predicted octanol–water partition coefficient (Wildman–Crippen LogP) is 3.53. The number of alkyl halides is 1. The zero-order chi connectivity index (χ0) is 8.15. The van der Waals surface area contributed by atoms with E-state index in [9.17, 15) is 0 Å². The first-order chi connectivity index (χ1) is 4.52. The van der Waals surface area contributed by atoms with Crippen LogP contribution in [0.25, 0.3) is 0 Å². The molecule has 0 aromatic rings. The molecule has 0 heterocycles. The lowest BCUT2D eigenvalue weighted by molar-refractivity contribution is 0.937. The molecule has 1 atom stereocenters. The lowest BCUT2D eigenvalue weighted by atomic mass is 10.1. The highest BCUT2D eigenvalue weighted by Crippen LogP contribution is 2.10. The fourth-order valence-electron chi connectivity index (χ4n) is 0.828. The van der Waals surface area contributed by atoms with Crippen LogP contribution in [0.1, 0.15) is 27.2 Å². The Balaban J connectivity index is 3.76. The summed E-state index contributed by atoms with van der Waals surface area (Å²) < 4.78 is 0. The molecule has 0 aromatic carbocycles. The van der Waals surface area contributed by atoms with E-state index >= 15 is 0 Å². The summed E-state index contributed by atoms with van der Waals surface area (Å²) in [6.07, 6.45) is 2.95. The van der Waals surface area contributed by atoms with Crippen molar-refractivity contribution in [3.63, 3.8) is 0 Å². The molecule has 10 heavy (non-hydrogen) atoms. The number of hydrogen-bond acceptors (Lipinski definition) is 0. The molecule has 0 saturated carbocycles. The van der Waals surface area contributed by atoms with Crippen LogP contribution in [0.5, 0.6) is 0 Å². The minimum absolute atomic E-state index is 0.197. The molecule has 0 aliphatic carbocycles. The van der Waals surface area contributed by atoms with Crippen LogP contribution in [-0.2, 0) is 0 Å². The van der Waals surface area contributed by atoms with Crippen molar-refractivity contribution in [2.45, 2.75) is 32.6 Å². The lowest BCUT2D eigenvalue weighted by Crippen LogP contribution is -1.90. The third kappa shape index (κ3) is 5.90. The van der Waals surface area contributed by atoms with Gasteiger partial charge in [0.2, 0.25) is 0 Å². The van der Waals surface area contributed by atoms with Crippen molar-refractivity contribution >= 4 is 11.6 Å². The van der Waals surface area contributed by atoms with E-state index in [-0.39, 0.29) is 5.38 Å². The summed E-state index contributed by atoms with van der Waals surface area (Å²) >= 11 is 5.77. The predicted molar refractivity (Wildman–Crippen MR) is 48.5 cm³/mol. The second-order valence-electron chi connectivity index (χ2n) is 2.86. The molecule has 0 saturated heterocycles. The minimum Gasteiger partial charge on any atom is -0.123 e. The van der Waals surface area contributed by atoms with Gasteiger partial charge in [-0.15, -0.1) is 11.6 Å². The normalized spacial score (nSPS) is 12.4. The Morgan fingerprint density at radius 3 is 2.40 bits per heavy atom. The van der Waals surface area contributed by atoms with Crippen LogP contribution in [0.4, 0.5) is 0 Å². The van der Waals surface area contributed by atoms with E-state index in [1.54, 1.807) is 0 Å². The zero-order valence-electron chi connectivity index (χ0n) is 6.95. The van der Waals surface area contributed by atoms with Crippen molar-refractivity contribution in [2.24, 2.45) is 0 Å². The van der Waals surface area contributed by atoms with Crippen molar-refractivity contribution in [1.29, 1.82) is 0 Å². The van der Waals surface area contributed by atoms with E-state index < -0.39 is 0 Å². The summed E-state index contributed by atoms with van der Waals surface area (Å²) in [5.41, 5.74) is 2.39. The van der Waals surface area contributed by atoms with Crippen molar-refractivity contribution in [3.8, 4) is 0 Å². The summed E-state index contributed by atoms with van der Waals surface area (Å²) in [7, 11) is 0. The summed E-state index contributed by atoms with van der Waals surface area (Å²) in [5, 5.41) is 0.197. The Kier molecular flexibility index (Phi) is 4.46. The van der Waals surface area contributed by atoms with Gasteiger partial charge < -0.3 is 0 Å². The highest BCUT2D eigenvalue weighted by molar-refractivity contribution is 6.20. The largest absolute Gasteiger partial charge is 0.123 e. The first-order valence-electron chi connectivity index (χ1n) is 3.49. The molecular weight excluding hydrogens is 144 g/mol. The lowest BCUT2D eigenvalue weighted by Gasteiger charge is -2.01. The van der Waals surface area contributed by atoms with E-state index in [1.807, 2.05) is 6.92 Å². The van der Waals surface area contributed by atoms with Crippen LogP contribution in [0.15, 0.2) is 23.8 Å². The standard InChI is InChI=1S/C9H15Cl/c1-7(2)5-8(3)6-9(4)10/h5,9H,3,6H2,1-2,4H3. The molecule has 0 aromatic heterocycles. The van der Waals surface area contributed by atoms with Crippen molar-refractivity contribution < 1.29 is 0 Å². The Morgan fingerprint density at radius 2 is 2.10 bits per heavy atom. The second-order valence-corrected chi connectivity index (χ2v) is 3.61. The fourth-order valence-corrected chi connectivity index (χ4v) is 1.03. The summed E-state index contributed by atoms with van der Waals surface area (Å²) in [6, 6.07) is 0. The van der Waals surface area contributed by atoms with Gasteiger partial charge >= 0.3 is 0 Å². The molecule has 0 nitrogen and oxygen atoms in total. The summed E-state index contributed by atoms with van der Waals surface area (Å²) in [5.74, 6) is 0.